The summed E-state index contributed by atoms with van der Waals surface area (Å²) in [4.78, 5) is 4.49. The summed E-state index contributed by atoms with van der Waals surface area (Å²) in [6.07, 6.45) is 0.724. The van der Waals surface area contributed by atoms with Crippen molar-refractivity contribution >= 4 is 27.6 Å². The molecule has 0 saturated carbocycles. The van der Waals surface area contributed by atoms with E-state index in [1.807, 2.05) is 12.1 Å². The molecule has 0 saturated heterocycles. The van der Waals surface area contributed by atoms with Crippen LogP contribution in [0.25, 0.3) is 0 Å². The molecule has 3 aromatic carbocycles. The van der Waals surface area contributed by atoms with Gasteiger partial charge in [-0.05, 0) is 66.6 Å². The molecule has 0 aliphatic carbocycles. The number of benzene rings is 3. The first-order valence-corrected chi connectivity index (χ1v) is 9.85. The highest BCUT2D eigenvalue weighted by atomic mass is 79.9. The van der Waals surface area contributed by atoms with Gasteiger partial charge in [0.25, 0.3) is 0 Å². The van der Waals surface area contributed by atoms with Gasteiger partial charge in [0, 0.05) is 22.3 Å². The molecule has 0 bridgehead atoms. The Balaban J connectivity index is 1.70. The molecule has 0 fully saturated rings. The van der Waals surface area contributed by atoms with Crippen molar-refractivity contribution in [1.29, 1.82) is 0 Å². The van der Waals surface area contributed by atoms with Gasteiger partial charge in [-0.1, -0.05) is 28.1 Å². The van der Waals surface area contributed by atoms with Crippen LogP contribution in [0.3, 0.4) is 0 Å². The number of anilines is 1. The molecule has 29 heavy (non-hydrogen) atoms. The molecule has 3 aromatic rings. The maximum atomic E-state index is 14.0. The number of hydrogen-bond donors (Lipinski definition) is 4. The average Bonchev–Trinajstić information content (AvgIpc) is 2.71. The van der Waals surface area contributed by atoms with E-state index in [-0.39, 0.29) is 23.9 Å². The summed E-state index contributed by atoms with van der Waals surface area (Å²) in [7, 11) is 0. The van der Waals surface area contributed by atoms with Gasteiger partial charge in [-0.2, -0.15) is 0 Å². The van der Waals surface area contributed by atoms with Gasteiger partial charge in [0.05, 0.1) is 6.54 Å². The number of aromatic hydroxyl groups is 2. The van der Waals surface area contributed by atoms with E-state index in [0.717, 1.165) is 22.1 Å². The molecule has 0 aromatic heterocycles. The van der Waals surface area contributed by atoms with Crippen LogP contribution >= 0.6 is 15.9 Å². The summed E-state index contributed by atoms with van der Waals surface area (Å²) in [6.45, 7) is 0.757. The third kappa shape index (κ3) is 6.50. The Hall–Kier alpha value is -3.06. The lowest BCUT2D eigenvalue weighted by atomic mass is 10.1. The van der Waals surface area contributed by atoms with Gasteiger partial charge in [-0.25, -0.2) is 9.38 Å². The number of halogens is 2. The van der Waals surface area contributed by atoms with Crippen molar-refractivity contribution in [2.24, 2.45) is 4.99 Å². The molecule has 0 spiro atoms. The third-order valence-electron chi connectivity index (χ3n) is 4.19. The summed E-state index contributed by atoms with van der Waals surface area (Å²) < 4.78 is 14.8. The highest BCUT2D eigenvalue weighted by Gasteiger charge is 2.05. The van der Waals surface area contributed by atoms with E-state index in [2.05, 4.69) is 31.6 Å². The van der Waals surface area contributed by atoms with Gasteiger partial charge in [-0.3, -0.25) is 0 Å². The van der Waals surface area contributed by atoms with Crippen molar-refractivity contribution in [3.8, 4) is 11.5 Å². The normalized spacial score (nSPS) is 11.3. The van der Waals surface area contributed by atoms with E-state index in [1.165, 1.54) is 6.07 Å². The van der Waals surface area contributed by atoms with Crippen LogP contribution in [0.5, 0.6) is 11.5 Å². The molecule has 0 amide bonds. The van der Waals surface area contributed by atoms with Crippen molar-refractivity contribution in [1.82, 2.24) is 5.32 Å². The standard InChI is InChI=1S/C22H21BrFN3O2/c23-17-3-10-21(24)16(13-17)14-26-22(27-18-4-8-20(29)9-5-18)25-12-11-15-1-6-19(28)7-2-15/h1-10,13,28-29H,11-12,14H2,(H2,25,26,27). The summed E-state index contributed by atoms with van der Waals surface area (Å²) >= 11 is 3.35. The van der Waals surface area contributed by atoms with Gasteiger partial charge in [0.1, 0.15) is 17.3 Å². The molecule has 150 valence electrons. The van der Waals surface area contributed by atoms with Gasteiger partial charge in [0.15, 0.2) is 5.96 Å². The molecule has 0 aliphatic rings. The number of nitrogens with one attached hydrogen (secondary N) is 2. The first-order chi connectivity index (χ1) is 14.0. The molecule has 0 aliphatic heterocycles. The lowest BCUT2D eigenvalue weighted by molar-refractivity contribution is 0.474. The molecule has 0 heterocycles. The number of guanidine groups is 1. The van der Waals surface area contributed by atoms with Crippen LogP contribution in [-0.4, -0.2) is 22.7 Å². The summed E-state index contributed by atoms with van der Waals surface area (Å²) in [5.74, 6) is 0.582. The van der Waals surface area contributed by atoms with Gasteiger partial charge in [-0.15, -0.1) is 0 Å². The Kier molecular flexibility index (Phi) is 7.08. The molecule has 7 heteroatoms. The number of nitrogens with zero attached hydrogens (tertiary/aromatic N) is 1. The summed E-state index contributed by atoms with van der Waals surface area (Å²) in [6, 6.07) is 18.4. The predicted molar refractivity (Wildman–Crippen MR) is 117 cm³/mol. The number of rotatable bonds is 6. The van der Waals surface area contributed by atoms with Crippen molar-refractivity contribution in [3.63, 3.8) is 0 Å². The van der Waals surface area contributed by atoms with Crippen LogP contribution < -0.4 is 10.6 Å². The third-order valence-corrected chi connectivity index (χ3v) is 4.68. The minimum absolute atomic E-state index is 0.165. The zero-order valence-electron chi connectivity index (χ0n) is 15.6. The van der Waals surface area contributed by atoms with Crippen LogP contribution in [0.1, 0.15) is 11.1 Å². The van der Waals surface area contributed by atoms with E-state index in [9.17, 15) is 14.6 Å². The van der Waals surface area contributed by atoms with Crippen molar-refractivity contribution in [2.75, 3.05) is 11.9 Å². The molecule has 0 unspecified atom stereocenters. The van der Waals surface area contributed by atoms with Gasteiger partial charge < -0.3 is 20.8 Å². The van der Waals surface area contributed by atoms with Crippen LogP contribution in [0.2, 0.25) is 0 Å². The average molecular weight is 458 g/mol. The first-order valence-electron chi connectivity index (χ1n) is 9.06. The van der Waals surface area contributed by atoms with Crippen molar-refractivity contribution < 1.29 is 14.6 Å². The quantitative estimate of drug-likeness (QED) is 0.243. The molecule has 3 rings (SSSR count). The van der Waals surface area contributed by atoms with Gasteiger partial charge in [0.2, 0.25) is 0 Å². The topological polar surface area (TPSA) is 76.9 Å². The Morgan fingerprint density at radius 2 is 1.59 bits per heavy atom. The first kappa shape index (κ1) is 20.7. The second-order valence-corrected chi connectivity index (χ2v) is 7.33. The zero-order chi connectivity index (χ0) is 20.6. The second kappa shape index (κ2) is 9.93. The Bertz CT molecular complexity index is 976. The molecule has 0 radical (unpaired) electrons. The van der Waals surface area contributed by atoms with E-state index in [1.54, 1.807) is 48.5 Å². The lowest BCUT2D eigenvalue weighted by Crippen LogP contribution is -2.32. The van der Waals surface area contributed by atoms with Crippen LogP contribution in [0.15, 0.2) is 76.2 Å². The summed E-state index contributed by atoms with van der Waals surface area (Å²) in [5, 5.41) is 25.2. The van der Waals surface area contributed by atoms with E-state index in [0.29, 0.717) is 18.1 Å². The highest BCUT2D eigenvalue weighted by Crippen LogP contribution is 2.17. The zero-order valence-corrected chi connectivity index (χ0v) is 17.2. The van der Waals surface area contributed by atoms with Crippen LogP contribution in [0.4, 0.5) is 10.1 Å². The fourth-order valence-corrected chi connectivity index (χ4v) is 3.05. The minimum atomic E-state index is -0.315. The largest absolute Gasteiger partial charge is 0.508 e. The molecule has 4 N–H and O–H groups in total. The molecule has 5 nitrogen and oxygen atoms in total. The second-order valence-electron chi connectivity index (χ2n) is 6.42. The maximum Gasteiger partial charge on any atom is 0.196 e. The van der Waals surface area contributed by atoms with E-state index >= 15 is 0 Å². The number of phenols is 2. The summed E-state index contributed by atoms with van der Waals surface area (Å²) in [5.41, 5.74) is 2.29. The Morgan fingerprint density at radius 1 is 0.931 bits per heavy atom. The van der Waals surface area contributed by atoms with E-state index in [4.69, 9.17) is 0 Å². The Morgan fingerprint density at radius 3 is 2.28 bits per heavy atom. The fraction of sp³-hybridized carbons (Fsp3) is 0.136. The van der Waals surface area contributed by atoms with Crippen LogP contribution in [0, 0.1) is 5.82 Å². The SMILES string of the molecule is Oc1ccc(CCNC(=NCc2cc(Br)ccc2F)Nc2ccc(O)cc2)cc1. The minimum Gasteiger partial charge on any atom is -0.508 e. The van der Waals surface area contributed by atoms with Crippen molar-refractivity contribution in [2.45, 2.75) is 13.0 Å². The molecular weight excluding hydrogens is 437 g/mol. The Labute approximate surface area is 177 Å². The number of hydrogen-bond acceptors (Lipinski definition) is 3. The monoisotopic (exact) mass is 457 g/mol. The fourth-order valence-electron chi connectivity index (χ4n) is 2.64. The number of aliphatic imine (C=N–C) groups is 1. The maximum absolute atomic E-state index is 14.0. The van der Waals surface area contributed by atoms with Gasteiger partial charge >= 0.3 is 0 Å². The van der Waals surface area contributed by atoms with Crippen LogP contribution in [-0.2, 0) is 13.0 Å². The predicted octanol–water partition coefficient (Wildman–Crippen LogP) is 4.80. The lowest BCUT2D eigenvalue weighted by Gasteiger charge is -2.13. The van der Waals surface area contributed by atoms with Crippen molar-refractivity contribution in [3.05, 3.63) is 88.1 Å². The highest BCUT2D eigenvalue weighted by molar-refractivity contribution is 9.10. The smallest absolute Gasteiger partial charge is 0.196 e. The molecule has 0 atom stereocenters. The number of phenolic OH excluding ortho intramolecular Hbond substituents is 2. The van der Waals surface area contributed by atoms with E-state index < -0.39 is 0 Å². The molecular formula is C22H21BrFN3O2.